The second kappa shape index (κ2) is 6.67. The zero-order valence-corrected chi connectivity index (χ0v) is 14.3. The van der Waals surface area contributed by atoms with Crippen LogP contribution in [0.15, 0.2) is 30.3 Å². The van der Waals surface area contributed by atoms with Crippen LogP contribution in [0.4, 0.5) is 4.39 Å². The van der Waals surface area contributed by atoms with Gasteiger partial charge in [0.25, 0.3) is 0 Å². The maximum atomic E-state index is 13.5. The maximum Gasteiger partial charge on any atom is 0.145 e. The van der Waals surface area contributed by atoms with E-state index in [1.54, 1.807) is 26.4 Å². The lowest BCUT2D eigenvalue weighted by atomic mass is 9.99. The summed E-state index contributed by atoms with van der Waals surface area (Å²) in [4.78, 5) is -0.230. The lowest BCUT2D eigenvalue weighted by molar-refractivity contribution is 0.392. The average Bonchev–Trinajstić information content (AvgIpc) is 2.48. The molecular weight excluding hydrogens is 359 g/mol. The zero-order valence-electron chi connectivity index (χ0n) is 11.9. The van der Waals surface area contributed by atoms with Gasteiger partial charge in [0, 0.05) is 5.56 Å². The van der Waals surface area contributed by atoms with Crippen molar-refractivity contribution in [2.45, 2.75) is 11.8 Å². The van der Waals surface area contributed by atoms with E-state index >= 15 is 0 Å². The molecule has 1 unspecified atom stereocenters. The van der Waals surface area contributed by atoms with Crippen LogP contribution in [0.25, 0.3) is 0 Å². The quantitative estimate of drug-likeness (QED) is 0.678. The minimum absolute atomic E-state index is 0.230. The topological polar surface area (TPSA) is 18.5 Å². The third-order valence-corrected chi connectivity index (χ3v) is 4.65. The van der Waals surface area contributed by atoms with Crippen LogP contribution in [-0.2, 0) is 0 Å². The molecule has 2 aromatic rings. The van der Waals surface area contributed by atoms with E-state index < -0.39 is 0 Å². The molecule has 0 amide bonds. The van der Waals surface area contributed by atoms with Gasteiger partial charge in [-0.15, -0.1) is 0 Å². The second-order valence-corrected chi connectivity index (χ2v) is 5.86. The monoisotopic (exact) mass is 372 g/mol. The number of hydrogen-bond acceptors (Lipinski definition) is 2. The summed E-state index contributed by atoms with van der Waals surface area (Å²) >= 11 is 9.88. The van der Waals surface area contributed by atoms with Crippen LogP contribution in [0, 0.1) is 12.7 Å². The highest BCUT2D eigenvalue weighted by Crippen LogP contribution is 2.44. The van der Waals surface area contributed by atoms with E-state index in [1.807, 2.05) is 13.0 Å². The van der Waals surface area contributed by atoms with Crippen molar-refractivity contribution < 1.29 is 13.9 Å². The van der Waals surface area contributed by atoms with Gasteiger partial charge in [-0.25, -0.2) is 4.39 Å². The van der Waals surface area contributed by atoms with E-state index in [1.165, 1.54) is 12.1 Å². The van der Waals surface area contributed by atoms with Crippen LogP contribution in [0.5, 0.6) is 11.5 Å². The molecule has 0 heterocycles. The van der Waals surface area contributed by atoms with Crippen LogP contribution >= 0.6 is 27.5 Å². The fourth-order valence-electron chi connectivity index (χ4n) is 2.17. The summed E-state index contributed by atoms with van der Waals surface area (Å²) in [5, 5.41) is 0.399. The number of aryl methyl sites for hydroxylation is 1. The van der Waals surface area contributed by atoms with Crippen LogP contribution in [0.3, 0.4) is 0 Å². The molecule has 2 aromatic carbocycles. The number of methoxy groups -OCH3 is 2. The summed E-state index contributed by atoms with van der Waals surface area (Å²) in [5.74, 6) is 0.771. The average molecular weight is 374 g/mol. The van der Waals surface area contributed by atoms with E-state index in [4.69, 9.17) is 21.1 Å². The largest absolute Gasteiger partial charge is 0.495 e. The summed E-state index contributed by atoms with van der Waals surface area (Å²) in [5.41, 5.74) is 2.62. The van der Waals surface area contributed by atoms with Gasteiger partial charge in [0.2, 0.25) is 0 Å². The lowest BCUT2D eigenvalue weighted by Crippen LogP contribution is -2.01. The zero-order chi connectivity index (χ0) is 15.6. The van der Waals surface area contributed by atoms with E-state index in [2.05, 4.69) is 15.9 Å². The summed E-state index contributed by atoms with van der Waals surface area (Å²) in [6.07, 6.45) is 0. The van der Waals surface area contributed by atoms with Gasteiger partial charge in [0.15, 0.2) is 0 Å². The number of ether oxygens (including phenoxy) is 2. The summed E-state index contributed by atoms with van der Waals surface area (Å²) < 4.78 is 24.1. The van der Waals surface area contributed by atoms with Crippen molar-refractivity contribution in [2.24, 2.45) is 0 Å². The molecule has 112 valence electrons. The SMILES string of the molecule is COc1ccc(C(Br)c2cc(F)ccc2C)c(OC)c1Cl. The molecule has 1 atom stereocenters. The number of alkyl halides is 1. The number of halogens is 3. The van der Waals surface area contributed by atoms with Crippen molar-refractivity contribution in [1.82, 2.24) is 0 Å². The molecule has 2 rings (SSSR count). The first-order valence-electron chi connectivity index (χ1n) is 6.30. The molecule has 0 spiro atoms. The lowest BCUT2D eigenvalue weighted by Gasteiger charge is -2.19. The number of benzene rings is 2. The minimum Gasteiger partial charge on any atom is -0.495 e. The predicted molar refractivity (Wildman–Crippen MR) is 86.5 cm³/mol. The Kier molecular flexibility index (Phi) is 5.12. The van der Waals surface area contributed by atoms with Gasteiger partial charge in [-0.05, 0) is 36.2 Å². The molecule has 0 aliphatic heterocycles. The predicted octanol–water partition coefficient (Wildman–Crippen LogP) is 5.29. The Morgan fingerprint density at radius 1 is 1.10 bits per heavy atom. The van der Waals surface area contributed by atoms with Gasteiger partial charge in [0.05, 0.1) is 19.0 Å². The van der Waals surface area contributed by atoms with Crippen molar-refractivity contribution in [1.29, 1.82) is 0 Å². The number of rotatable bonds is 4. The Hall–Kier alpha value is -1.26. The summed E-state index contributed by atoms with van der Waals surface area (Å²) in [6.45, 7) is 1.93. The Morgan fingerprint density at radius 3 is 2.43 bits per heavy atom. The summed E-state index contributed by atoms with van der Waals surface area (Å²) in [7, 11) is 3.09. The molecule has 0 bridgehead atoms. The van der Waals surface area contributed by atoms with E-state index in [0.717, 1.165) is 16.7 Å². The Morgan fingerprint density at radius 2 is 1.81 bits per heavy atom. The Balaban J connectivity index is 2.55. The Labute approximate surface area is 137 Å². The highest BCUT2D eigenvalue weighted by Gasteiger charge is 2.21. The Bertz CT molecular complexity index is 661. The van der Waals surface area contributed by atoms with Gasteiger partial charge in [0.1, 0.15) is 22.3 Å². The van der Waals surface area contributed by atoms with Gasteiger partial charge >= 0.3 is 0 Å². The second-order valence-electron chi connectivity index (χ2n) is 4.57. The first kappa shape index (κ1) is 16.1. The van der Waals surface area contributed by atoms with E-state index in [0.29, 0.717) is 16.5 Å². The molecule has 2 nitrogen and oxygen atoms in total. The summed E-state index contributed by atoms with van der Waals surface area (Å²) in [6, 6.07) is 8.32. The van der Waals surface area contributed by atoms with Crippen molar-refractivity contribution in [2.75, 3.05) is 14.2 Å². The maximum absolute atomic E-state index is 13.5. The normalized spacial score (nSPS) is 12.1. The first-order valence-corrected chi connectivity index (χ1v) is 7.59. The van der Waals surface area contributed by atoms with Crippen LogP contribution in [0.1, 0.15) is 21.5 Å². The minimum atomic E-state index is -0.279. The van der Waals surface area contributed by atoms with Crippen molar-refractivity contribution in [3.05, 3.63) is 57.9 Å². The molecule has 0 aliphatic rings. The van der Waals surface area contributed by atoms with Gasteiger partial charge in [-0.3, -0.25) is 0 Å². The highest BCUT2D eigenvalue weighted by molar-refractivity contribution is 9.09. The molecule has 0 saturated heterocycles. The molecule has 0 fully saturated rings. The van der Waals surface area contributed by atoms with E-state index in [9.17, 15) is 4.39 Å². The smallest absolute Gasteiger partial charge is 0.145 e. The van der Waals surface area contributed by atoms with Gasteiger partial charge in [-0.2, -0.15) is 0 Å². The van der Waals surface area contributed by atoms with Crippen LogP contribution in [0.2, 0.25) is 5.02 Å². The van der Waals surface area contributed by atoms with Crippen LogP contribution in [-0.4, -0.2) is 14.2 Å². The van der Waals surface area contributed by atoms with Crippen molar-refractivity contribution in [3.8, 4) is 11.5 Å². The number of hydrogen-bond donors (Lipinski definition) is 0. The van der Waals surface area contributed by atoms with Gasteiger partial charge < -0.3 is 9.47 Å². The first-order chi connectivity index (χ1) is 9.99. The fraction of sp³-hybridized carbons (Fsp3) is 0.250. The molecule has 0 N–H and O–H groups in total. The molecular formula is C16H15BrClFO2. The van der Waals surface area contributed by atoms with E-state index in [-0.39, 0.29) is 10.6 Å². The molecule has 5 heteroatoms. The van der Waals surface area contributed by atoms with Crippen molar-refractivity contribution in [3.63, 3.8) is 0 Å². The third kappa shape index (κ3) is 3.16. The van der Waals surface area contributed by atoms with Crippen LogP contribution < -0.4 is 9.47 Å². The molecule has 21 heavy (non-hydrogen) atoms. The molecule has 0 aliphatic carbocycles. The molecule has 0 radical (unpaired) electrons. The highest BCUT2D eigenvalue weighted by atomic mass is 79.9. The standard InChI is InChI=1S/C16H15BrClFO2/c1-9-4-5-10(19)8-12(9)14(17)11-6-7-13(20-2)15(18)16(11)21-3/h4-8,14H,1-3H3. The molecule has 0 aromatic heterocycles. The van der Waals surface area contributed by atoms with Gasteiger partial charge in [-0.1, -0.05) is 39.7 Å². The molecule has 0 saturated carbocycles. The van der Waals surface area contributed by atoms with Crippen molar-refractivity contribution >= 4 is 27.5 Å². The third-order valence-electron chi connectivity index (χ3n) is 3.30. The fourth-order valence-corrected chi connectivity index (χ4v) is 3.35.